The summed E-state index contributed by atoms with van der Waals surface area (Å²) in [6.45, 7) is 2.75. The normalized spacial score (nSPS) is 18.9. The molecule has 0 spiro atoms. The number of cyclic esters (lactones) is 2. The highest BCUT2D eigenvalue weighted by Gasteiger charge is 2.19. The minimum Gasteiger partial charge on any atom is -0.430 e. The molecule has 15 heavy (non-hydrogen) atoms. The third-order valence-electron chi connectivity index (χ3n) is 1.80. The van der Waals surface area contributed by atoms with Crippen LogP contribution >= 0.6 is 0 Å². The van der Waals surface area contributed by atoms with Crippen LogP contribution in [0.5, 0.6) is 0 Å². The van der Waals surface area contributed by atoms with Crippen molar-refractivity contribution < 1.29 is 24.5 Å². The topological polar surface area (TPSA) is 76.0 Å². The lowest BCUT2D eigenvalue weighted by Crippen LogP contribution is -2.01. The Morgan fingerprint density at radius 1 is 1.20 bits per heavy atom. The van der Waals surface area contributed by atoms with E-state index in [2.05, 4.69) is 9.47 Å². The van der Waals surface area contributed by atoms with E-state index in [1.807, 2.05) is 0 Å². The fraction of sp³-hybridized carbons (Fsp3) is 0.900. The Morgan fingerprint density at radius 3 is 1.93 bits per heavy atom. The van der Waals surface area contributed by atoms with Gasteiger partial charge in [0.1, 0.15) is 12.7 Å². The predicted molar refractivity (Wildman–Crippen MR) is 54.5 cm³/mol. The van der Waals surface area contributed by atoms with Gasteiger partial charge in [-0.25, -0.2) is 4.79 Å². The number of aliphatic hydroxyl groups excluding tert-OH is 2. The van der Waals surface area contributed by atoms with Gasteiger partial charge < -0.3 is 19.7 Å². The molecule has 1 aliphatic rings. The zero-order valence-electron chi connectivity index (χ0n) is 9.15. The third kappa shape index (κ3) is 9.49. The van der Waals surface area contributed by atoms with Crippen LogP contribution in [-0.2, 0) is 9.47 Å². The van der Waals surface area contributed by atoms with Crippen molar-refractivity contribution in [2.75, 3.05) is 19.8 Å². The van der Waals surface area contributed by atoms with Crippen LogP contribution in [0.3, 0.4) is 0 Å². The van der Waals surface area contributed by atoms with E-state index in [-0.39, 0.29) is 19.3 Å². The first-order valence-corrected chi connectivity index (χ1v) is 5.25. The molecular weight excluding hydrogens is 200 g/mol. The lowest BCUT2D eigenvalue weighted by atomic mass is 10.2. The van der Waals surface area contributed by atoms with Crippen LogP contribution in [0.15, 0.2) is 0 Å². The number of ether oxygens (including phenoxy) is 2. The van der Waals surface area contributed by atoms with E-state index in [1.54, 1.807) is 6.92 Å². The monoisotopic (exact) mass is 220 g/mol. The van der Waals surface area contributed by atoms with Crippen LogP contribution in [0.4, 0.5) is 4.79 Å². The number of hydrogen-bond acceptors (Lipinski definition) is 5. The van der Waals surface area contributed by atoms with E-state index in [9.17, 15) is 4.79 Å². The zero-order chi connectivity index (χ0) is 11.5. The van der Waals surface area contributed by atoms with Gasteiger partial charge in [-0.1, -0.05) is 12.8 Å². The summed E-state index contributed by atoms with van der Waals surface area (Å²) in [6.07, 6.45) is 3.23. The van der Waals surface area contributed by atoms with E-state index in [4.69, 9.17) is 10.2 Å². The number of aliphatic hydroxyl groups is 2. The van der Waals surface area contributed by atoms with Crippen molar-refractivity contribution in [3.63, 3.8) is 0 Å². The molecule has 0 saturated carbocycles. The minimum absolute atomic E-state index is 0.0486. The molecule has 90 valence electrons. The van der Waals surface area contributed by atoms with E-state index in [1.165, 1.54) is 0 Å². The van der Waals surface area contributed by atoms with E-state index in [0.29, 0.717) is 6.61 Å². The first-order chi connectivity index (χ1) is 7.20. The average Bonchev–Trinajstić information content (AvgIpc) is 2.58. The molecule has 1 fully saturated rings. The Morgan fingerprint density at radius 2 is 1.73 bits per heavy atom. The maximum Gasteiger partial charge on any atom is 0.508 e. The molecule has 0 amide bonds. The second-order valence-corrected chi connectivity index (χ2v) is 3.35. The van der Waals surface area contributed by atoms with Crippen LogP contribution in [0.1, 0.15) is 32.6 Å². The molecule has 1 aliphatic heterocycles. The second-order valence-electron chi connectivity index (χ2n) is 3.35. The predicted octanol–water partition coefficient (Wildman–Crippen LogP) is 1.07. The van der Waals surface area contributed by atoms with Crippen molar-refractivity contribution >= 4 is 6.16 Å². The van der Waals surface area contributed by atoms with Crippen LogP contribution in [-0.4, -0.2) is 42.3 Å². The molecule has 5 nitrogen and oxygen atoms in total. The summed E-state index contributed by atoms with van der Waals surface area (Å²) in [5, 5.41) is 16.6. The van der Waals surface area contributed by atoms with Crippen LogP contribution in [0.2, 0.25) is 0 Å². The summed E-state index contributed by atoms with van der Waals surface area (Å²) in [5.41, 5.74) is 0. The number of unbranched alkanes of at least 4 members (excludes halogenated alkanes) is 3. The Hall–Kier alpha value is -0.810. The fourth-order valence-corrected chi connectivity index (χ4v) is 0.995. The van der Waals surface area contributed by atoms with Crippen molar-refractivity contribution in [3.05, 3.63) is 0 Å². The lowest BCUT2D eigenvalue weighted by Gasteiger charge is -1.93. The lowest BCUT2D eigenvalue weighted by molar-refractivity contribution is 0.121. The molecule has 1 rings (SSSR count). The highest BCUT2D eigenvalue weighted by Crippen LogP contribution is 2.02. The summed E-state index contributed by atoms with van der Waals surface area (Å²) in [7, 11) is 0. The van der Waals surface area contributed by atoms with Crippen molar-refractivity contribution in [2.45, 2.75) is 38.7 Å². The molecule has 0 aromatic rings. The quantitative estimate of drug-likeness (QED) is 0.535. The molecule has 0 bridgehead atoms. The molecule has 0 aromatic carbocycles. The van der Waals surface area contributed by atoms with Crippen molar-refractivity contribution in [1.82, 2.24) is 0 Å². The highest BCUT2D eigenvalue weighted by atomic mass is 16.8. The first kappa shape index (κ1) is 14.2. The largest absolute Gasteiger partial charge is 0.508 e. The van der Waals surface area contributed by atoms with Crippen molar-refractivity contribution in [3.8, 4) is 0 Å². The molecular formula is C10H20O5. The maximum atomic E-state index is 10.0. The summed E-state index contributed by atoms with van der Waals surface area (Å²) < 4.78 is 8.90. The van der Waals surface area contributed by atoms with Crippen LogP contribution in [0, 0.1) is 0 Å². The van der Waals surface area contributed by atoms with Gasteiger partial charge in [0.2, 0.25) is 0 Å². The maximum absolute atomic E-state index is 10.0. The Labute approximate surface area is 90.0 Å². The van der Waals surface area contributed by atoms with E-state index < -0.39 is 6.16 Å². The number of carbonyl (C=O) groups is 1. The standard InChI is InChI=1S/C6H14O2.C4H6O3/c7-5-3-1-2-4-6-8;1-3-2-6-4(5)7-3/h7-8H,1-6H2;3H,2H2,1H3. The molecule has 0 aliphatic carbocycles. The average molecular weight is 220 g/mol. The molecule has 1 heterocycles. The first-order valence-electron chi connectivity index (χ1n) is 5.25. The van der Waals surface area contributed by atoms with Gasteiger partial charge in [0.25, 0.3) is 0 Å². The van der Waals surface area contributed by atoms with E-state index >= 15 is 0 Å². The molecule has 1 atom stereocenters. The molecule has 5 heteroatoms. The Balaban J connectivity index is 0.000000262. The van der Waals surface area contributed by atoms with Gasteiger partial charge >= 0.3 is 6.16 Å². The SMILES string of the molecule is CC1COC(=O)O1.OCCCCCCO. The van der Waals surface area contributed by atoms with Gasteiger partial charge in [-0.15, -0.1) is 0 Å². The Kier molecular flexibility index (Phi) is 9.21. The van der Waals surface area contributed by atoms with Crippen LogP contribution < -0.4 is 0 Å². The summed E-state index contributed by atoms with van der Waals surface area (Å²) in [5.74, 6) is 0. The van der Waals surface area contributed by atoms with Gasteiger partial charge in [0.05, 0.1) is 0 Å². The summed E-state index contributed by atoms with van der Waals surface area (Å²) in [6, 6.07) is 0. The smallest absolute Gasteiger partial charge is 0.430 e. The van der Waals surface area contributed by atoms with Gasteiger partial charge in [-0.05, 0) is 19.8 Å². The van der Waals surface area contributed by atoms with Crippen molar-refractivity contribution in [2.24, 2.45) is 0 Å². The second kappa shape index (κ2) is 9.73. The number of carbonyl (C=O) groups excluding carboxylic acids is 1. The number of hydrogen-bond donors (Lipinski definition) is 2. The minimum atomic E-state index is -0.549. The molecule has 0 radical (unpaired) electrons. The van der Waals surface area contributed by atoms with Crippen molar-refractivity contribution in [1.29, 1.82) is 0 Å². The van der Waals surface area contributed by atoms with Gasteiger partial charge in [-0.3, -0.25) is 0 Å². The third-order valence-corrected chi connectivity index (χ3v) is 1.80. The molecule has 2 N–H and O–H groups in total. The van der Waals surface area contributed by atoms with Crippen LogP contribution in [0.25, 0.3) is 0 Å². The number of rotatable bonds is 5. The summed E-state index contributed by atoms with van der Waals surface area (Å²) in [4.78, 5) is 10.0. The summed E-state index contributed by atoms with van der Waals surface area (Å²) >= 11 is 0. The Bertz CT molecular complexity index is 154. The van der Waals surface area contributed by atoms with Gasteiger partial charge in [0.15, 0.2) is 0 Å². The molecule has 1 unspecified atom stereocenters. The fourth-order valence-electron chi connectivity index (χ4n) is 0.995. The van der Waals surface area contributed by atoms with Gasteiger partial charge in [0, 0.05) is 13.2 Å². The molecule has 0 aromatic heterocycles. The highest BCUT2D eigenvalue weighted by molar-refractivity contribution is 5.61. The van der Waals surface area contributed by atoms with Gasteiger partial charge in [-0.2, -0.15) is 0 Å². The van der Waals surface area contributed by atoms with E-state index in [0.717, 1.165) is 25.7 Å². The molecule has 1 saturated heterocycles. The zero-order valence-corrected chi connectivity index (χ0v) is 9.15.